The first kappa shape index (κ1) is 38.8. The summed E-state index contributed by atoms with van der Waals surface area (Å²) in [4.78, 5) is 22.8. The van der Waals surface area contributed by atoms with Crippen molar-refractivity contribution in [3.8, 4) is 29.1 Å². The Kier molecular flexibility index (Phi) is 11.4. The molecule has 0 aliphatic carbocycles. The van der Waals surface area contributed by atoms with Crippen molar-refractivity contribution in [3.05, 3.63) is 59.3 Å². The Balaban J connectivity index is 1.65. The molecule has 3 aromatic rings. The van der Waals surface area contributed by atoms with Crippen molar-refractivity contribution in [1.29, 1.82) is 10.5 Å². The molecule has 0 amide bonds. The molecule has 1 aliphatic rings. The number of benzene rings is 2. The standard InChI is InChI=1S/C37H50BN6O4Si2/c1-35(2,3)49(8,9)47-17-16-46-32-13-12-26(21-39)18-31(32)43-34-41-15-14-30(42-34)27-19-28(22-40)33-29(20-27)37(7,23-44(33)38-25-45)24-48-50(10,11)36(4,5)6/h12-15,18-20,25H,16-17,23-24H2,1-11H3,(H,41,42,43)/t37-/m1/s1. The highest BCUT2D eigenvalue weighted by Crippen LogP contribution is 2.46. The fraction of sp³-hybridized carbons (Fsp3) is 0.486. The number of hydrogen-bond donors (Lipinski definition) is 1. The molecule has 0 saturated heterocycles. The van der Waals surface area contributed by atoms with Gasteiger partial charge in [-0.3, -0.25) is 0 Å². The van der Waals surface area contributed by atoms with E-state index in [1.54, 1.807) is 36.5 Å². The number of rotatable bonds is 13. The summed E-state index contributed by atoms with van der Waals surface area (Å²) in [5.74, 6) is 0.851. The lowest BCUT2D eigenvalue weighted by Gasteiger charge is -2.39. The maximum Gasteiger partial charge on any atom is 0.329 e. The first-order valence-electron chi connectivity index (χ1n) is 16.9. The number of fused-ring (bicyclic) bond motifs is 1. The molecule has 0 unspecified atom stereocenters. The average molecular weight is 710 g/mol. The molecule has 10 nitrogen and oxygen atoms in total. The van der Waals surface area contributed by atoms with E-state index in [-0.39, 0.29) is 10.1 Å². The maximum absolute atomic E-state index is 11.7. The van der Waals surface area contributed by atoms with Crippen molar-refractivity contribution in [3.63, 3.8) is 0 Å². The SMILES string of the molecule is CC(C)(C)[Si](C)(C)OCCOc1ccc(C#N)cc1Nc1nccc(-c2cc(C#N)c3c(c2)[C@@](C)(CO[Si](C)(C)C(C)(C)C)CN3[B]C=O)n1. The van der Waals surface area contributed by atoms with Gasteiger partial charge in [0, 0.05) is 36.0 Å². The molecule has 13 heteroatoms. The molecule has 0 bridgehead atoms. The fourth-order valence-corrected chi connectivity index (χ4v) is 7.38. The number of carbonyl (C=O) groups is 1. The Morgan fingerprint density at radius 2 is 1.66 bits per heavy atom. The number of nitriles is 2. The molecular formula is C37H50BN6O4Si2. The minimum atomic E-state index is -2.09. The number of hydrogen-bond acceptors (Lipinski definition) is 10. The van der Waals surface area contributed by atoms with Crippen LogP contribution in [0.5, 0.6) is 5.75 Å². The van der Waals surface area contributed by atoms with Crippen molar-refractivity contribution in [2.24, 2.45) is 0 Å². The summed E-state index contributed by atoms with van der Waals surface area (Å²) in [5.41, 5.74) is 3.95. The minimum absolute atomic E-state index is 0.0274. The van der Waals surface area contributed by atoms with Crippen LogP contribution in [0.1, 0.15) is 65.2 Å². The van der Waals surface area contributed by atoms with Crippen LogP contribution in [0.2, 0.25) is 36.3 Å². The van der Waals surface area contributed by atoms with Crippen molar-refractivity contribution in [2.45, 2.75) is 90.1 Å². The van der Waals surface area contributed by atoms with Gasteiger partial charge < -0.3 is 28.5 Å². The molecule has 50 heavy (non-hydrogen) atoms. The van der Waals surface area contributed by atoms with E-state index < -0.39 is 22.0 Å². The average Bonchev–Trinajstić information content (AvgIpc) is 3.32. The third-order valence-corrected chi connectivity index (χ3v) is 19.4. The van der Waals surface area contributed by atoms with Gasteiger partial charge in [-0.05, 0) is 78.2 Å². The van der Waals surface area contributed by atoms with E-state index in [0.29, 0.717) is 66.3 Å². The van der Waals surface area contributed by atoms with Crippen molar-refractivity contribution in [2.75, 3.05) is 36.5 Å². The predicted octanol–water partition coefficient (Wildman–Crippen LogP) is 7.94. The Morgan fingerprint density at radius 3 is 2.28 bits per heavy atom. The Morgan fingerprint density at radius 1 is 0.980 bits per heavy atom. The molecular weight excluding hydrogens is 659 g/mol. The molecule has 1 atom stereocenters. The lowest BCUT2D eigenvalue weighted by Crippen LogP contribution is -2.46. The molecule has 1 aliphatic heterocycles. The topological polar surface area (TPSA) is 133 Å². The summed E-state index contributed by atoms with van der Waals surface area (Å²) in [6, 6.07) is 15.3. The smallest absolute Gasteiger partial charge is 0.329 e. The molecule has 1 aromatic heterocycles. The third-order valence-electron chi connectivity index (χ3n) is 10.4. The van der Waals surface area contributed by atoms with Gasteiger partial charge in [-0.2, -0.15) is 10.5 Å². The molecule has 0 fully saturated rings. The fourth-order valence-electron chi connectivity index (χ4n) is 5.25. The molecule has 1 radical (unpaired) electrons. The summed E-state index contributed by atoms with van der Waals surface area (Å²) in [6.45, 7) is 25.9. The van der Waals surface area contributed by atoms with Gasteiger partial charge in [-0.25, -0.2) is 9.97 Å². The van der Waals surface area contributed by atoms with E-state index in [1.165, 1.54) is 7.41 Å². The van der Waals surface area contributed by atoms with Gasteiger partial charge >= 0.3 is 7.41 Å². The Labute approximate surface area is 300 Å². The second-order valence-corrected chi connectivity index (χ2v) is 25.8. The van der Waals surface area contributed by atoms with Crippen LogP contribution in [-0.2, 0) is 19.1 Å². The highest BCUT2D eigenvalue weighted by Gasteiger charge is 2.45. The predicted molar refractivity (Wildman–Crippen MR) is 206 cm³/mol. The van der Waals surface area contributed by atoms with Crippen LogP contribution in [-0.4, -0.2) is 66.6 Å². The summed E-state index contributed by atoms with van der Waals surface area (Å²) < 4.78 is 19.1. The van der Waals surface area contributed by atoms with Crippen LogP contribution >= 0.6 is 0 Å². The van der Waals surface area contributed by atoms with Gasteiger partial charge in [0.2, 0.25) is 5.95 Å². The van der Waals surface area contributed by atoms with Gasteiger partial charge in [-0.1, -0.05) is 48.5 Å². The van der Waals surface area contributed by atoms with Crippen molar-refractivity contribution >= 4 is 47.6 Å². The van der Waals surface area contributed by atoms with Gasteiger partial charge in [0.05, 0.1) is 35.2 Å². The van der Waals surface area contributed by atoms with Crippen molar-refractivity contribution in [1.82, 2.24) is 9.97 Å². The molecule has 0 saturated carbocycles. The highest BCUT2D eigenvalue weighted by molar-refractivity contribution is 6.74. The molecule has 4 rings (SSSR count). The van der Waals surface area contributed by atoms with Gasteiger partial charge in [0.25, 0.3) is 0 Å². The first-order chi connectivity index (χ1) is 23.2. The number of anilines is 3. The Hall–Kier alpha value is -4.01. The highest BCUT2D eigenvalue weighted by atomic mass is 28.4. The van der Waals surface area contributed by atoms with Crippen LogP contribution in [0, 0.1) is 22.7 Å². The maximum atomic E-state index is 11.7. The number of nitrogens with zero attached hydrogens (tertiary/aromatic N) is 5. The van der Waals surface area contributed by atoms with Crippen LogP contribution in [0.25, 0.3) is 11.3 Å². The number of aromatic nitrogens is 2. The largest absolute Gasteiger partial charge is 0.489 e. The number of ether oxygens (including phenoxy) is 1. The van der Waals surface area contributed by atoms with E-state index in [1.807, 2.05) is 10.9 Å². The van der Waals surface area contributed by atoms with E-state index in [0.717, 1.165) is 17.3 Å². The second kappa shape index (κ2) is 14.7. The molecule has 263 valence electrons. The Bertz CT molecular complexity index is 1810. The molecule has 1 N–H and O–H groups in total. The number of nitrogens with one attached hydrogen (secondary N) is 1. The minimum Gasteiger partial charge on any atom is -0.489 e. The van der Waals surface area contributed by atoms with Crippen LogP contribution in [0.4, 0.5) is 17.3 Å². The first-order valence-corrected chi connectivity index (χ1v) is 22.8. The van der Waals surface area contributed by atoms with Crippen LogP contribution in [0.15, 0.2) is 42.6 Å². The molecule has 0 spiro atoms. The molecule has 2 heterocycles. The second-order valence-electron chi connectivity index (χ2n) is 16.2. The zero-order valence-electron chi connectivity index (χ0n) is 31.4. The summed E-state index contributed by atoms with van der Waals surface area (Å²) in [6.07, 6.45) is 2.40. The van der Waals surface area contributed by atoms with Gasteiger partial charge in [0.15, 0.2) is 16.6 Å². The lowest BCUT2D eigenvalue weighted by atomic mass is 9.83. The van der Waals surface area contributed by atoms with Gasteiger partial charge in [0.1, 0.15) is 24.6 Å². The molecule has 2 aromatic carbocycles. The van der Waals surface area contributed by atoms with Crippen molar-refractivity contribution < 1.29 is 18.4 Å². The zero-order chi connectivity index (χ0) is 37.1. The monoisotopic (exact) mass is 709 g/mol. The third kappa shape index (κ3) is 8.47. The summed E-state index contributed by atoms with van der Waals surface area (Å²) in [7, 11) is -2.53. The quantitative estimate of drug-likeness (QED) is 0.106. The summed E-state index contributed by atoms with van der Waals surface area (Å²) in [5, 5.41) is 23.3. The van der Waals surface area contributed by atoms with E-state index >= 15 is 0 Å². The normalized spacial score (nSPS) is 16.3. The van der Waals surface area contributed by atoms with E-state index in [4.69, 9.17) is 18.6 Å². The van der Waals surface area contributed by atoms with E-state index in [2.05, 4.69) is 97.1 Å². The van der Waals surface area contributed by atoms with Gasteiger partial charge in [-0.15, -0.1) is 0 Å². The summed E-state index contributed by atoms with van der Waals surface area (Å²) >= 11 is 0. The number of carbonyl (C=O) groups excluding carboxylic acids is 1. The van der Waals surface area contributed by atoms with Crippen LogP contribution < -0.4 is 14.9 Å². The zero-order valence-corrected chi connectivity index (χ0v) is 33.4. The lowest BCUT2D eigenvalue weighted by molar-refractivity contribution is 0.204. The van der Waals surface area contributed by atoms with E-state index in [9.17, 15) is 15.3 Å². The van der Waals surface area contributed by atoms with Crippen LogP contribution in [0.3, 0.4) is 0 Å².